The highest BCUT2D eigenvalue weighted by Gasteiger charge is 2.59. The van der Waals surface area contributed by atoms with Gasteiger partial charge in [0.2, 0.25) is 23.6 Å². The number of carbonyl (C=O) groups is 5. The minimum Gasteiger partial charge on any atom is -0.461 e. The van der Waals surface area contributed by atoms with Crippen molar-refractivity contribution in [1.82, 2.24) is 20.9 Å². The first-order valence-electron chi connectivity index (χ1n) is 21.8. The van der Waals surface area contributed by atoms with Crippen LogP contribution in [0, 0.1) is 46.3 Å². The summed E-state index contributed by atoms with van der Waals surface area (Å²) in [5, 5.41) is 8.23. The van der Waals surface area contributed by atoms with Gasteiger partial charge in [-0.25, -0.2) is 0 Å². The van der Waals surface area contributed by atoms with Crippen LogP contribution in [0.3, 0.4) is 0 Å². The van der Waals surface area contributed by atoms with Crippen LogP contribution in [0.15, 0.2) is 11.6 Å². The summed E-state index contributed by atoms with van der Waals surface area (Å²) in [4.78, 5) is 66.0. The zero-order valence-electron chi connectivity index (χ0n) is 34.2. The number of nitrogens with zero attached hydrogens (tertiary/aromatic N) is 1. The number of esters is 1. The number of fused-ring (bicyclic) bond motifs is 5. The van der Waals surface area contributed by atoms with Crippen molar-refractivity contribution in [2.24, 2.45) is 46.3 Å². The monoisotopic (exact) mass is 751 g/mol. The Bertz CT molecular complexity index is 1450. The molecule has 4 aliphatic carbocycles. The second-order valence-corrected chi connectivity index (χ2v) is 19.1. The molecular weight excluding hydrogens is 681 g/mol. The highest BCUT2D eigenvalue weighted by atomic mass is 16.5. The highest BCUT2D eigenvalue weighted by molar-refractivity contribution is 5.96. The molecule has 0 aromatic rings. The number of amides is 4. The Morgan fingerprint density at radius 2 is 1.76 bits per heavy atom. The van der Waals surface area contributed by atoms with E-state index in [-0.39, 0.29) is 41.7 Å². The molecular formula is C44H70N4O6. The average molecular weight is 751 g/mol. The van der Waals surface area contributed by atoms with Crippen molar-refractivity contribution in [3.8, 4) is 0 Å². The lowest BCUT2D eigenvalue weighted by molar-refractivity contribution is -0.152. The predicted octanol–water partition coefficient (Wildman–Crippen LogP) is 6.61. The lowest BCUT2D eigenvalue weighted by Crippen LogP contribution is -2.55. The lowest BCUT2D eigenvalue weighted by Gasteiger charge is -2.58. The number of carbonyl (C=O) groups excluding carboxylic acids is 5. The second kappa shape index (κ2) is 17.1. The zero-order valence-corrected chi connectivity index (χ0v) is 34.2. The van der Waals surface area contributed by atoms with Crippen molar-refractivity contribution in [3.63, 3.8) is 0 Å². The summed E-state index contributed by atoms with van der Waals surface area (Å²) in [6.45, 7) is 14.5. The van der Waals surface area contributed by atoms with E-state index in [2.05, 4.69) is 56.6 Å². The molecule has 2 saturated heterocycles. The fourth-order valence-corrected chi connectivity index (χ4v) is 12.4. The summed E-state index contributed by atoms with van der Waals surface area (Å²) in [6.07, 6.45) is 18.6. The topological polar surface area (TPSA) is 134 Å². The van der Waals surface area contributed by atoms with Crippen LogP contribution in [-0.4, -0.2) is 71.8 Å². The quantitative estimate of drug-likeness (QED) is 0.135. The normalized spacial score (nSPS) is 35.6. The molecule has 0 radical (unpaired) electrons. The van der Waals surface area contributed by atoms with E-state index in [0.29, 0.717) is 56.4 Å². The molecule has 6 rings (SSSR count). The van der Waals surface area contributed by atoms with Gasteiger partial charge in [-0.15, -0.1) is 0 Å². The van der Waals surface area contributed by atoms with Crippen LogP contribution in [0.4, 0.5) is 0 Å². The van der Waals surface area contributed by atoms with Gasteiger partial charge < -0.3 is 25.6 Å². The maximum atomic E-state index is 13.6. The summed E-state index contributed by atoms with van der Waals surface area (Å²) in [7, 11) is 0. The molecule has 10 nitrogen and oxygen atoms in total. The number of ether oxygens (including phenoxy) is 1. The summed E-state index contributed by atoms with van der Waals surface area (Å²) < 4.78 is 6.00. The van der Waals surface area contributed by atoms with Gasteiger partial charge in [0.15, 0.2) is 0 Å². The highest BCUT2D eigenvalue weighted by Crippen LogP contribution is 2.67. The molecule has 2 aliphatic heterocycles. The van der Waals surface area contributed by atoms with Crippen molar-refractivity contribution in [3.05, 3.63) is 11.6 Å². The van der Waals surface area contributed by atoms with Gasteiger partial charge in [-0.2, -0.15) is 0 Å². The van der Waals surface area contributed by atoms with Gasteiger partial charge in [0, 0.05) is 19.4 Å². The van der Waals surface area contributed by atoms with E-state index in [1.807, 2.05) is 6.92 Å². The summed E-state index contributed by atoms with van der Waals surface area (Å²) in [6, 6.07) is -2.12. The Morgan fingerprint density at radius 1 is 0.963 bits per heavy atom. The van der Waals surface area contributed by atoms with E-state index in [0.717, 1.165) is 55.3 Å². The van der Waals surface area contributed by atoms with Crippen LogP contribution in [0.5, 0.6) is 0 Å². The molecule has 6 aliphatic rings. The van der Waals surface area contributed by atoms with Crippen LogP contribution in [0.1, 0.15) is 151 Å². The molecule has 0 spiro atoms. The minimum absolute atomic E-state index is 0.168. The van der Waals surface area contributed by atoms with Crippen molar-refractivity contribution >= 4 is 29.6 Å². The third kappa shape index (κ3) is 8.42. The first-order valence-corrected chi connectivity index (χ1v) is 21.8. The van der Waals surface area contributed by atoms with Gasteiger partial charge >= 0.3 is 5.97 Å². The van der Waals surface area contributed by atoms with Crippen molar-refractivity contribution in [2.75, 3.05) is 13.1 Å². The van der Waals surface area contributed by atoms with Crippen LogP contribution in [-0.2, 0) is 28.7 Å². The first kappa shape index (κ1) is 40.7. The predicted molar refractivity (Wildman–Crippen MR) is 209 cm³/mol. The lowest BCUT2D eigenvalue weighted by atomic mass is 9.47. The van der Waals surface area contributed by atoms with Gasteiger partial charge in [0.05, 0.1) is 0 Å². The van der Waals surface area contributed by atoms with Crippen molar-refractivity contribution < 1.29 is 28.7 Å². The van der Waals surface area contributed by atoms with Crippen LogP contribution < -0.4 is 16.0 Å². The van der Waals surface area contributed by atoms with Crippen molar-refractivity contribution in [2.45, 2.75) is 175 Å². The Hall–Kier alpha value is -2.91. The molecule has 0 bridgehead atoms. The number of likely N-dealkylation sites (tertiary alicyclic amines) is 1. The molecule has 0 aromatic carbocycles. The molecule has 302 valence electrons. The molecule has 54 heavy (non-hydrogen) atoms. The van der Waals surface area contributed by atoms with Gasteiger partial charge in [0.25, 0.3) is 0 Å². The van der Waals surface area contributed by atoms with Gasteiger partial charge in [0.1, 0.15) is 30.8 Å². The van der Waals surface area contributed by atoms with E-state index >= 15 is 0 Å². The van der Waals surface area contributed by atoms with E-state index < -0.39 is 24.1 Å². The zero-order chi connectivity index (χ0) is 38.8. The number of allylic oxidation sites excluding steroid dienone is 1. The van der Waals surface area contributed by atoms with Crippen LogP contribution in [0.25, 0.3) is 0 Å². The number of hydrogen-bond acceptors (Lipinski definition) is 6. The largest absolute Gasteiger partial charge is 0.461 e. The van der Waals surface area contributed by atoms with E-state index in [9.17, 15) is 24.0 Å². The molecule has 0 unspecified atom stereocenters. The maximum Gasteiger partial charge on any atom is 0.325 e. The van der Waals surface area contributed by atoms with Gasteiger partial charge in [-0.05, 0) is 117 Å². The summed E-state index contributed by atoms with van der Waals surface area (Å²) in [5.41, 5.74) is 2.10. The molecule has 4 amide bonds. The standard InChI is InChI=1S/C44H70N4O6/c1-7-10-36(47-40(51)35-18-19-38(49)46-35)42(53)48-24-9-13-37(48)41(52)45-26-39(50)54-30-20-22-43(5)29(25-30)14-15-31-33-17-16-32(28(4)12-8-11-27(2)3)44(33,6)23-21-34(31)43/h14,27-28,30-37H,7-13,15-26H2,1-6H3,(H,45,52)(H,46,49)(H,47,51)/t28-,30+,31+,32-,33+,34+,35+,36+,37+,43+,44-/m1/s1. The molecule has 0 aromatic heterocycles. The molecule has 10 heteroatoms. The van der Waals surface area contributed by atoms with E-state index in [1.165, 1.54) is 55.4 Å². The fraction of sp³-hybridized carbons (Fsp3) is 0.841. The van der Waals surface area contributed by atoms with Crippen molar-refractivity contribution in [1.29, 1.82) is 0 Å². The Balaban J connectivity index is 0.988. The minimum atomic E-state index is -0.777. The van der Waals surface area contributed by atoms with Gasteiger partial charge in [-0.3, -0.25) is 24.0 Å². The first-order chi connectivity index (χ1) is 25.7. The summed E-state index contributed by atoms with van der Waals surface area (Å²) >= 11 is 0. The molecule has 11 atom stereocenters. The van der Waals surface area contributed by atoms with Crippen LogP contribution in [0.2, 0.25) is 0 Å². The third-order valence-corrected chi connectivity index (χ3v) is 15.3. The number of hydrogen-bond donors (Lipinski definition) is 3. The molecule has 3 N–H and O–H groups in total. The SMILES string of the molecule is CCC[C@H](NC(=O)[C@@H]1CCC(=O)N1)C(=O)N1CCC[C@H]1C(=O)NCC(=O)O[C@H]1CC[C@@]2(C)C(=CC[C@H]3[C@@H]4CC[C@H]([C@H](C)CCCC(C)C)[C@@]4(C)CC[C@@H]32)C1. The Labute approximate surface area is 324 Å². The molecule has 2 heterocycles. The van der Waals surface area contributed by atoms with E-state index in [1.54, 1.807) is 0 Å². The summed E-state index contributed by atoms with van der Waals surface area (Å²) in [5.74, 6) is 3.06. The molecule has 3 saturated carbocycles. The Kier molecular flexibility index (Phi) is 12.9. The van der Waals surface area contributed by atoms with E-state index in [4.69, 9.17) is 4.74 Å². The van der Waals surface area contributed by atoms with Crippen LogP contribution >= 0.6 is 0 Å². The second-order valence-electron chi connectivity index (χ2n) is 19.1. The smallest absolute Gasteiger partial charge is 0.325 e. The fourth-order valence-electron chi connectivity index (χ4n) is 12.4. The third-order valence-electron chi connectivity index (χ3n) is 15.3. The maximum absolute atomic E-state index is 13.6. The van der Waals surface area contributed by atoms with Gasteiger partial charge in [-0.1, -0.05) is 78.9 Å². The molecule has 5 fully saturated rings. The number of rotatable bonds is 14. The average Bonchev–Trinajstić information content (AvgIpc) is 3.88. The number of nitrogens with one attached hydrogen (secondary N) is 3. The Morgan fingerprint density at radius 3 is 2.48 bits per heavy atom.